The summed E-state index contributed by atoms with van der Waals surface area (Å²) in [6.07, 6.45) is 0.347. The van der Waals surface area contributed by atoms with E-state index in [4.69, 9.17) is 16.3 Å². The fraction of sp³-hybridized carbons (Fsp3) is 0.235. The smallest absolute Gasteiger partial charge is 0.265 e. The summed E-state index contributed by atoms with van der Waals surface area (Å²) in [5.74, 6) is -0.765. The average molecular weight is 399 g/mol. The van der Waals surface area contributed by atoms with Crippen molar-refractivity contribution in [2.24, 2.45) is 0 Å². The van der Waals surface area contributed by atoms with Crippen LogP contribution in [0.15, 0.2) is 42.5 Å². The number of halogens is 2. The van der Waals surface area contributed by atoms with Crippen molar-refractivity contribution in [2.45, 2.75) is 12.5 Å². The molecular formula is C17H16ClFN2O4S. The molecule has 0 spiro atoms. The number of hydrogen-bond acceptors (Lipinski definition) is 4. The number of carbonyl (C=O) groups excluding carboxylic acids is 1. The van der Waals surface area contributed by atoms with Crippen LogP contribution in [0, 0.1) is 5.82 Å². The van der Waals surface area contributed by atoms with Crippen LogP contribution in [0.25, 0.3) is 0 Å². The van der Waals surface area contributed by atoms with E-state index in [1.165, 1.54) is 16.4 Å². The van der Waals surface area contributed by atoms with Crippen LogP contribution in [-0.4, -0.2) is 33.2 Å². The van der Waals surface area contributed by atoms with Crippen LogP contribution >= 0.6 is 11.6 Å². The van der Waals surface area contributed by atoms with Crippen molar-refractivity contribution in [3.8, 4) is 5.75 Å². The maximum atomic E-state index is 13.2. The number of carbonyl (C=O) groups is 1. The highest BCUT2D eigenvalue weighted by Crippen LogP contribution is 2.34. The van der Waals surface area contributed by atoms with E-state index in [1.54, 1.807) is 24.3 Å². The minimum Gasteiger partial charge on any atom is -0.478 e. The molecule has 2 aromatic rings. The first-order chi connectivity index (χ1) is 12.3. The predicted molar refractivity (Wildman–Crippen MR) is 97.7 cm³/mol. The third-order valence-corrected chi connectivity index (χ3v) is 5.35. The van der Waals surface area contributed by atoms with E-state index < -0.39 is 27.9 Å². The van der Waals surface area contributed by atoms with Crippen molar-refractivity contribution in [3.05, 3.63) is 53.3 Å². The molecule has 6 nitrogen and oxygen atoms in total. The largest absolute Gasteiger partial charge is 0.478 e. The van der Waals surface area contributed by atoms with Crippen molar-refractivity contribution in [3.63, 3.8) is 0 Å². The molecule has 0 bridgehead atoms. The first-order valence-corrected chi connectivity index (χ1v) is 9.97. The highest BCUT2D eigenvalue weighted by Gasteiger charge is 2.31. The molecule has 0 aliphatic carbocycles. The number of benzene rings is 2. The molecule has 1 heterocycles. The highest BCUT2D eigenvalue weighted by atomic mass is 35.5. The van der Waals surface area contributed by atoms with E-state index in [-0.39, 0.29) is 18.0 Å². The van der Waals surface area contributed by atoms with Gasteiger partial charge in [0.1, 0.15) is 11.6 Å². The Morgan fingerprint density at radius 2 is 2.04 bits per heavy atom. The van der Waals surface area contributed by atoms with Crippen LogP contribution in [0.4, 0.5) is 15.8 Å². The van der Waals surface area contributed by atoms with Gasteiger partial charge in [0.05, 0.1) is 17.0 Å². The van der Waals surface area contributed by atoms with Gasteiger partial charge in [-0.05, 0) is 30.3 Å². The summed E-state index contributed by atoms with van der Waals surface area (Å²) in [4.78, 5) is 12.5. The van der Waals surface area contributed by atoms with E-state index in [0.29, 0.717) is 17.1 Å². The molecule has 3 rings (SSSR count). The number of ether oxygens (including phenoxy) is 1. The van der Waals surface area contributed by atoms with Gasteiger partial charge in [-0.2, -0.15) is 0 Å². The summed E-state index contributed by atoms with van der Waals surface area (Å²) >= 11 is 5.71. The van der Waals surface area contributed by atoms with Crippen molar-refractivity contribution in [2.75, 3.05) is 22.4 Å². The topological polar surface area (TPSA) is 75.7 Å². The predicted octanol–water partition coefficient (Wildman–Crippen LogP) is 3.03. The molecular weight excluding hydrogens is 383 g/mol. The standard InChI is InChI=1S/C17H16ClFN2O4S/c1-26(23,24)21-9-8-16(25-15-5-3-2-4-14(15)21)17(22)20-11-6-7-13(19)12(18)10-11/h2-7,10,16H,8-9H2,1H3,(H,20,22)/t16-/m0/s1. The van der Waals surface area contributed by atoms with Crippen LogP contribution in [0.3, 0.4) is 0 Å². The molecule has 1 aliphatic heterocycles. The van der Waals surface area contributed by atoms with Gasteiger partial charge in [-0.3, -0.25) is 9.10 Å². The Hall–Kier alpha value is -2.32. The van der Waals surface area contributed by atoms with Crippen molar-refractivity contribution >= 4 is 38.9 Å². The third kappa shape index (κ3) is 3.91. The van der Waals surface area contributed by atoms with E-state index in [1.807, 2.05) is 0 Å². The maximum Gasteiger partial charge on any atom is 0.265 e. The minimum atomic E-state index is -3.52. The average Bonchev–Trinajstić information content (AvgIpc) is 2.77. The first-order valence-electron chi connectivity index (χ1n) is 7.75. The summed E-state index contributed by atoms with van der Waals surface area (Å²) in [6, 6.07) is 10.4. The zero-order chi connectivity index (χ0) is 18.9. The Morgan fingerprint density at radius 1 is 1.31 bits per heavy atom. The number of amides is 1. The number of para-hydroxylation sites is 2. The van der Waals surface area contributed by atoms with Crippen molar-refractivity contribution in [1.82, 2.24) is 0 Å². The number of rotatable bonds is 3. The van der Waals surface area contributed by atoms with Crippen LogP contribution in [0.2, 0.25) is 5.02 Å². The lowest BCUT2D eigenvalue weighted by atomic mass is 10.2. The van der Waals surface area contributed by atoms with E-state index in [0.717, 1.165) is 12.3 Å². The molecule has 0 fully saturated rings. The highest BCUT2D eigenvalue weighted by molar-refractivity contribution is 7.92. The number of sulfonamides is 1. The molecule has 26 heavy (non-hydrogen) atoms. The fourth-order valence-electron chi connectivity index (χ4n) is 2.66. The molecule has 1 atom stereocenters. The van der Waals surface area contributed by atoms with Gasteiger partial charge in [0.25, 0.3) is 5.91 Å². The molecule has 1 amide bonds. The maximum absolute atomic E-state index is 13.2. The van der Waals surface area contributed by atoms with E-state index in [9.17, 15) is 17.6 Å². The van der Waals surface area contributed by atoms with Gasteiger partial charge in [-0.25, -0.2) is 12.8 Å². The van der Waals surface area contributed by atoms with Crippen molar-refractivity contribution < 1.29 is 22.3 Å². The van der Waals surface area contributed by atoms with Crippen LogP contribution in [0.1, 0.15) is 6.42 Å². The second kappa shape index (κ2) is 7.13. The summed E-state index contributed by atoms with van der Waals surface area (Å²) in [6.45, 7) is 0.0953. The van der Waals surface area contributed by atoms with Gasteiger partial charge in [-0.1, -0.05) is 23.7 Å². The Morgan fingerprint density at radius 3 is 2.73 bits per heavy atom. The lowest BCUT2D eigenvalue weighted by molar-refractivity contribution is -0.122. The second-order valence-corrected chi connectivity index (χ2v) is 8.13. The SMILES string of the molecule is CS(=O)(=O)N1CC[C@@H](C(=O)Nc2ccc(F)c(Cl)c2)Oc2ccccc21. The van der Waals surface area contributed by atoms with Gasteiger partial charge in [0.2, 0.25) is 10.0 Å². The molecule has 0 saturated carbocycles. The second-order valence-electron chi connectivity index (χ2n) is 5.82. The quantitative estimate of drug-likeness (QED) is 0.862. The van der Waals surface area contributed by atoms with E-state index >= 15 is 0 Å². The molecule has 1 aliphatic rings. The van der Waals surface area contributed by atoms with Gasteiger partial charge in [0, 0.05) is 18.7 Å². The molecule has 0 unspecified atom stereocenters. The Bertz CT molecular complexity index is 952. The zero-order valence-electron chi connectivity index (χ0n) is 13.8. The van der Waals surface area contributed by atoms with Crippen LogP contribution < -0.4 is 14.4 Å². The lowest BCUT2D eigenvalue weighted by Crippen LogP contribution is -2.35. The number of anilines is 2. The van der Waals surface area contributed by atoms with Gasteiger partial charge in [0.15, 0.2) is 6.10 Å². The molecule has 2 aromatic carbocycles. The number of hydrogen-bond donors (Lipinski definition) is 1. The third-order valence-electron chi connectivity index (χ3n) is 3.88. The van der Waals surface area contributed by atoms with E-state index in [2.05, 4.69) is 5.32 Å². The molecule has 138 valence electrons. The summed E-state index contributed by atoms with van der Waals surface area (Å²) < 4.78 is 44.3. The zero-order valence-corrected chi connectivity index (χ0v) is 15.3. The number of nitrogens with zero attached hydrogens (tertiary/aromatic N) is 1. The lowest BCUT2D eigenvalue weighted by Gasteiger charge is -2.20. The van der Waals surface area contributed by atoms with Crippen molar-refractivity contribution in [1.29, 1.82) is 0 Å². The molecule has 0 aromatic heterocycles. The monoisotopic (exact) mass is 398 g/mol. The Labute approximate surface area is 155 Å². The van der Waals surface area contributed by atoms with Gasteiger partial charge < -0.3 is 10.1 Å². The molecule has 0 saturated heterocycles. The fourth-order valence-corrected chi connectivity index (χ4v) is 3.78. The molecule has 0 radical (unpaired) electrons. The molecule has 9 heteroatoms. The normalized spacial score (nSPS) is 17.0. The first kappa shape index (κ1) is 18.5. The summed E-state index contributed by atoms with van der Waals surface area (Å²) in [7, 11) is -3.52. The number of fused-ring (bicyclic) bond motifs is 1. The minimum absolute atomic E-state index is 0.0953. The van der Waals surface area contributed by atoms with Crippen LogP contribution in [0.5, 0.6) is 5.75 Å². The van der Waals surface area contributed by atoms with Gasteiger partial charge in [-0.15, -0.1) is 0 Å². The Kier molecular flexibility index (Phi) is 5.06. The Balaban J connectivity index is 1.84. The van der Waals surface area contributed by atoms with Crippen LogP contribution in [-0.2, 0) is 14.8 Å². The number of nitrogens with one attached hydrogen (secondary N) is 1. The molecule has 1 N–H and O–H groups in total. The summed E-state index contributed by atoms with van der Waals surface area (Å²) in [5.41, 5.74) is 0.706. The van der Waals surface area contributed by atoms with Gasteiger partial charge >= 0.3 is 0 Å². The summed E-state index contributed by atoms with van der Waals surface area (Å²) in [5, 5.41) is 2.50.